The maximum atomic E-state index is 11.0. The summed E-state index contributed by atoms with van der Waals surface area (Å²) in [6.45, 7) is 0.561. The van der Waals surface area contributed by atoms with Crippen molar-refractivity contribution in [2.45, 2.75) is 16.9 Å². The van der Waals surface area contributed by atoms with Crippen molar-refractivity contribution in [2.75, 3.05) is 0 Å². The van der Waals surface area contributed by atoms with E-state index < -0.39 is 10.9 Å². The summed E-state index contributed by atoms with van der Waals surface area (Å²) in [4.78, 5) is 21.9. The Morgan fingerprint density at radius 3 is 2.66 bits per heavy atom. The predicted molar refractivity (Wildman–Crippen MR) is 106 cm³/mol. The van der Waals surface area contributed by atoms with Crippen molar-refractivity contribution in [1.82, 2.24) is 0 Å². The van der Waals surface area contributed by atoms with Crippen LogP contribution in [0.4, 0.5) is 5.69 Å². The van der Waals surface area contributed by atoms with Crippen LogP contribution in [0.1, 0.15) is 26.9 Å². The van der Waals surface area contributed by atoms with Gasteiger partial charge in [-0.15, -0.1) is 0 Å². The fourth-order valence-corrected chi connectivity index (χ4v) is 3.89. The first-order valence-corrected chi connectivity index (χ1v) is 9.55. The standard InChI is InChI=1S/C15H12O3S.C6H3NO3/c16-14(17)10-5-3-6-11(8-10)15-18-9-12-4-1-2-7-13(12)19-15;8-7(9)4-1-2-5-6(3-4)10-5/h1-8,15H,9H2,(H,16,17);1-3H. The van der Waals surface area contributed by atoms with E-state index in [0.717, 1.165) is 11.3 Å². The van der Waals surface area contributed by atoms with E-state index in [1.54, 1.807) is 36.0 Å². The molecule has 0 saturated carbocycles. The summed E-state index contributed by atoms with van der Waals surface area (Å²) in [5, 5.41) is 19.1. The van der Waals surface area contributed by atoms with Gasteiger partial charge in [-0.3, -0.25) is 10.1 Å². The number of carboxylic acids is 1. The molecular weight excluding hydrogens is 394 g/mol. The molecule has 2 aliphatic rings. The molecule has 5 rings (SSSR count). The fourth-order valence-electron chi connectivity index (χ4n) is 2.80. The number of non-ortho nitro benzene ring substituents is 1. The zero-order chi connectivity index (χ0) is 20.4. The molecule has 0 saturated heterocycles. The van der Waals surface area contributed by atoms with Gasteiger partial charge < -0.3 is 14.6 Å². The van der Waals surface area contributed by atoms with Crippen molar-refractivity contribution < 1.29 is 24.3 Å². The van der Waals surface area contributed by atoms with Gasteiger partial charge in [-0.05, 0) is 35.4 Å². The number of fused-ring (bicyclic) bond motifs is 2. The topological polar surface area (TPSA) is 102 Å². The Morgan fingerprint density at radius 1 is 1.07 bits per heavy atom. The molecule has 3 aromatic carbocycles. The van der Waals surface area contributed by atoms with Gasteiger partial charge >= 0.3 is 5.97 Å². The van der Waals surface area contributed by atoms with Gasteiger partial charge in [0.2, 0.25) is 0 Å². The quantitative estimate of drug-likeness (QED) is 0.274. The van der Waals surface area contributed by atoms with Crippen molar-refractivity contribution in [3.63, 3.8) is 0 Å². The number of benzene rings is 3. The van der Waals surface area contributed by atoms with E-state index in [0.29, 0.717) is 17.9 Å². The molecule has 2 heterocycles. The predicted octanol–water partition coefficient (Wildman–Crippen LogP) is 5.41. The van der Waals surface area contributed by atoms with Gasteiger partial charge in [0.15, 0.2) is 11.5 Å². The van der Waals surface area contributed by atoms with Gasteiger partial charge in [-0.25, -0.2) is 4.79 Å². The summed E-state index contributed by atoms with van der Waals surface area (Å²) < 4.78 is 10.6. The van der Waals surface area contributed by atoms with E-state index in [2.05, 4.69) is 6.07 Å². The molecule has 146 valence electrons. The van der Waals surface area contributed by atoms with Crippen LogP contribution in [0, 0.1) is 10.1 Å². The van der Waals surface area contributed by atoms with Gasteiger partial charge in [0.25, 0.3) is 5.69 Å². The highest BCUT2D eigenvalue weighted by molar-refractivity contribution is 7.99. The molecule has 0 spiro atoms. The van der Waals surface area contributed by atoms with E-state index >= 15 is 0 Å². The van der Waals surface area contributed by atoms with Gasteiger partial charge in [0.05, 0.1) is 23.2 Å². The van der Waals surface area contributed by atoms with E-state index in [9.17, 15) is 14.9 Å². The Kier molecular flexibility index (Phi) is 5.20. The second-order valence-corrected chi connectivity index (χ2v) is 7.39. The number of rotatable bonds is 3. The molecule has 8 heteroatoms. The SMILES string of the molecule is O=C(O)c1cccc(C2OCc3ccccc3S2)c1.O=[N+]([O-])c1ccc2c(c1)O2. The van der Waals surface area contributed by atoms with E-state index in [1.165, 1.54) is 22.6 Å². The van der Waals surface area contributed by atoms with Crippen LogP contribution in [0.15, 0.2) is 71.6 Å². The van der Waals surface area contributed by atoms with E-state index in [4.69, 9.17) is 14.6 Å². The molecule has 7 nitrogen and oxygen atoms in total. The van der Waals surface area contributed by atoms with Crippen LogP contribution < -0.4 is 4.74 Å². The molecule has 0 aliphatic carbocycles. The van der Waals surface area contributed by atoms with Crippen LogP contribution in [0.5, 0.6) is 11.5 Å². The molecule has 1 atom stereocenters. The average Bonchev–Trinajstić information content (AvgIpc) is 3.53. The summed E-state index contributed by atoms with van der Waals surface area (Å²) in [6, 6.07) is 19.5. The third kappa shape index (κ3) is 4.39. The van der Waals surface area contributed by atoms with Crippen LogP contribution in [0.25, 0.3) is 0 Å². The first kappa shape index (κ1) is 19.0. The molecule has 29 heavy (non-hydrogen) atoms. The number of thioether (sulfide) groups is 1. The lowest BCUT2D eigenvalue weighted by Gasteiger charge is -2.25. The smallest absolute Gasteiger partial charge is 0.335 e. The maximum absolute atomic E-state index is 11.0. The summed E-state index contributed by atoms with van der Waals surface area (Å²) in [7, 11) is 0. The van der Waals surface area contributed by atoms with E-state index in [-0.39, 0.29) is 11.1 Å². The number of carboxylic acid groups (broad SMARTS) is 1. The Balaban J connectivity index is 0.000000171. The molecule has 1 N–H and O–H groups in total. The maximum Gasteiger partial charge on any atom is 0.335 e. The largest absolute Gasteiger partial charge is 0.478 e. The molecule has 2 aliphatic heterocycles. The fraction of sp³-hybridized carbons (Fsp3) is 0.0952. The van der Waals surface area contributed by atoms with Crippen LogP contribution >= 0.6 is 11.8 Å². The van der Waals surface area contributed by atoms with Crippen LogP contribution in [0.3, 0.4) is 0 Å². The highest BCUT2D eigenvalue weighted by Crippen LogP contribution is 2.46. The lowest BCUT2D eigenvalue weighted by molar-refractivity contribution is -0.384. The van der Waals surface area contributed by atoms with Gasteiger partial charge in [0.1, 0.15) is 5.44 Å². The number of aromatic carboxylic acids is 1. The number of hydrogen-bond donors (Lipinski definition) is 1. The Bertz CT molecular complexity index is 1100. The summed E-state index contributed by atoms with van der Waals surface area (Å²) in [5.74, 6) is 0.447. The van der Waals surface area contributed by atoms with Gasteiger partial charge in [0, 0.05) is 11.0 Å². The third-order valence-electron chi connectivity index (χ3n) is 4.32. The number of carbonyl (C=O) groups is 1. The zero-order valence-corrected chi connectivity index (χ0v) is 15.8. The Morgan fingerprint density at radius 2 is 1.90 bits per heavy atom. The Labute approximate surface area is 170 Å². The van der Waals surface area contributed by atoms with Crippen molar-refractivity contribution in [3.8, 4) is 11.5 Å². The summed E-state index contributed by atoms with van der Waals surface area (Å²) >= 11 is 1.62. The van der Waals surface area contributed by atoms with Crippen LogP contribution in [-0.4, -0.2) is 16.0 Å². The minimum Gasteiger partial charge on any atom is -0.478 e. The second kappa shape index (κ2) is 7.94. The lowest BCUT2D eigenvalue weighted by Crippen LogP contribution is -2.08. The highest BCUT2D eigenvalue weighted by Gasteiger charge is 2.23. The second-order valence-electron chi connectivity index (χ2n) is 6.29. The van der Waals surface area contributed by atoms with Crippen molar-refractivity contribution in [2.24, 2.45) is 0 Å². The Hall–Kier alpha value is -3.36. The van der Waals surface area contributed by atoms with Crippen molar-refractivity contribution in [3.05, 3.63) is 93.5 Å². The van der Waals surface area contributed by atoms with Gasteiger partial charge in [-0.2, -0.15) is 0 Å². The number of hydrogen-bond acceptors (Lipinski definition) is 6. The number of nitro groups is 1. The normalized spacial score (nSPS) is 15.7. The summed E-state index contributed by atoms with van der Waals surface area (Å²) in [6.07, 6.45) is 0. The lowest BCUT2D eigenvalue weighted by atomic mass is 10.1. The minimum absolute atomic E-state index is 0.0799. The molecular formula is C21H15NO6S. The molecule has 0 radical (unpaired) electrons. The molecule has 0 aromatic heterocycles. The summed E-state index contributed by atoms with van der Waals surface area (Å²) in [5.41, 5.74) is 2.29. The monoisotopic (exact) mass is 409 g/mol. The average molecular weight is 409 g/mol. The first-order valence-electron chi connectivity index (χ1n) is 8.67. The molecule has 1 unspecified atom stereocenters. The zero-order valence-electron chi connectivity index (χ0n) is 15.0. The van der Waals surface area contributed by atoms with Crippen molar-refractivity contribution in [1.29, 1.82) is 0 Å². The molecule has 0 amide bonds. The first-order chi connectivity index (χ1) is 14.0. The number of nitro benzene ring substituents is 1. The van der Waals surface area contributed by atoms with E-state index in [1.807, 2.05) is 24.3 Å². The van der Waals surface area contributed by atoms with Gasteiger partial charge in [-0.1, -0.05) is 42.1 Å². The number of nitrogens with zero attached hydrogens (tertiary/aromatic N) is 1. The van der Waals surface area contributed by atoms with Crippen LogP contribution in [0.2, 0.25) is 0 Å². The minimum atomic E-state index is -0.914. The van der Waals surface area contributed by atoms with Crippen LogP contribution in [-0.2, 0) is 11.3 Å². The molecule has 0 bridgehead atoms. The molecule has 3 aromatic rings. The third-order valence-corrected chi connectivity index (χ3v) is 5.59. The highest BCUT2D eigenvalue weighted by atomic mass is 32.2. The number of ether oxygens (including phenoxy) is 2. The van der Waals surface area contributed by atoms with Crippen molar-refractivity contribution >= 4 is 23.4 Å². The molecule has 0 fully saturated rings.